The third-order valence-electron chi connectivity index (χ3n) is 2.87. The van der Waals surface area contributed by atoms with E-state index in [0.29, 0.717) is 10.9 Å². The van der Waals surface area contributed by atoms with Gasteiger partial charge >= 0.3 is 0 Å². The minimum atomic E-state index is -3.07. The number of nitrogens with one attached hydrogen (secondary N) is 1. The zero-order chi connectivity index (χ0) is 12.3. The van der Waals surface area contributed by atoms with Crippen LogP contribution in [0, 0.1) is 0 Å². The molecule has 0 aliphatic carbocycles. The molecule has 1 unspecified atom stereocenters. The minimum absolute atomic E-state index is 0.390. The highest BCUT2D eigenvalue weighted by atomic mass is 32.2. The zero-order valence-electron chi connectivity index (χ0n) is 9.85. The lowest BCUT2D eigenvalue weighted by Crippen LogP contribution is -2.23. The molecule has 1 heterocycles. The molecular weight excluding hydrogens is 254 g/mol. The van der Waals surface area contributed by atoms with Crippen molar-refractivity contribution in [1.82, 2.24) is 5.32 Å². The van der Waals surface area contributed by atoms with Gasteiger partial charge in [0.1, 0.15) is 0 Å². The number of benzene rings is 1. The third kappa shape index (κ3) is 3.72. The van der Waals surface area contributed by atoms with Gasteiger partial charge in [0, 0.05) is 22.9 Å². The molecule has 1 aliphatic rings. The highest BCUT2D eigenvalue weighted by Crippen LogP contribution is 2.22. The van der Waals surface area contributed by atoms with Crippen LogP contribution in [0.15, 0.2) is 34.1 Å². The second kappa shape index (κ2) is 5.42. The molecule has 1 aliphatic heterocycles. The van der Waals surface area contributed by atoms with Crippen LogP contribution in [0.3, 0.4) is 0 Å². The van der Waals surface area contributed by atoms with Crippen molar-refractivity contribution in [2.24, 2.45) is 0 Å². The summed E-state index contributed by atoms with van der Waals surface area (Å²) in [6, 6.07) is 7.74. The molecule has 0 bridgehead atoms. The van der Waals surface area contributed by atoms with Gasteiger partial charge in [-0.3, -0.25) is 0 Å². The summed E-state index contributed by atoms with van der Waals surface area (Å²) in [4.78, 5) is 1.52. The van der Waals surface area contributed by atoms with Crippen LogP contribution in [0.5, 0.6) is 0 Å². The van der Waals surface area contributed by atoms with Crippen molar-refractivity contribution < 1.29 is 8.42 Å². The molecule has 1 N–H and O–H groups in total. The lowest BCUT2D eigenvalue weighted by molar-refractivity contribution is 0.602. The highest BCUT2D eigenvalue weighted by Gasteiger charge is 2.14. The SMILES string of the molecule is CS(=O)(=O)c1ccc(SCC2CCCN2)cc1. The van der Waals surface area contributed by atoms with E-state index in [1.54, 1.807) is 23.9 Å². The fourth-order valence-corrected chi connectivity index (χ4v) is 3.52. The van der Waals surface area contributed by atoms with Crippen molar-refractivity contribution in [2.75, 3.05) is 18.6 Å². The Morgan fingerprint density at radius 3 is 2.59 bits per heavy atom. The Bertz CT molecular complexity index is 462. The van der Waals surface area contributed by atoms with E-state index in [0.717, 1.165) is 17.2 Å². The van der Waals surface area contributed by atoms with Crippen molar-refractivity contribution >= 4 is 21.6 Å². The van der Waals surface area contributed by atoms with E-state index in [4.69, 9.17) is 0 Å². The molecule has 1 saturated heterocycles. The molecular formula is C12H17NO2S2. The van der Waals surface area contributed by atoms with Gasteiger partial charge in [-0.2, -0.15) is 0 Å². The van der Waals surface area contributed by atoms with Gasteiger partial charge in [-0.05, 0) is 43.7 Å². The first-order chi connectivity index (χ1) is 8.05. The molecule has 0 aromatic heterocycles. The topological polar surface area (TPSA) is 46.2 Å². The summed E-state index contributed by atoms with van der Waals surface area (Å²) in [5, 5.41) is 3.45. The summed E-state index contributed by atoms with van der Waals surface area (Å²) in [6.07, 6.45) is 3.74. The van der Waals surface area contributed by atoms with E-state index in [1.807, 2.05) is 12.1 Å². The Balaban J connectivity index is 1.94. The highest BCUT2D eigenvalue weighted by molar-refractivity contribution is 7.99. The summed E-state index contributed by atoms with van der Waals surface area (Å²) >= 11 is 1.78. The van der Waals surface area contributed by atoms with Gasteiger partial charge in [0.15, 0.2) is 9.84 Å². The van der Waals surface area contributed by atoms with Crippen LogP contribution in [0.2, 0.25) is 0 Å². The zero-order valence-corrected chi connectivity index (χ0v) is 11.5. The molecule has 0 spiro atoms. The van der Waals surface area contributed by atoms with Crippen LogP contribution in [0.1, 0.15) is 12.8 Å². The van der Waals surface area contributed by atoms with Gasteiger partial charge < -0.3 is 5.32 Å². The minimum Gasteiger partial charge on any atom is -0.313 e. The number of hydrogen-bond donors (Lipinski definition) is 1. The van der Waals surface area contributed by atoms with Gasteiger partial charge in [-0.15, -0.1) is 11.8 Å². The van der Waals surface area contributed by atoms with E-state index in [9.17, 15) is 8.42 Å². The molecule has 3 nitrogen and oxygen atoms in total. The van der Waals surface area contributed by atoms with Crippen LogP contribution >= 0.6 is 11.8 Å². The van der Waals surface area contributed by atoms with Crippen molar-refractivity contribution in [2.45, 2.75) is 28.7 Å². The maximum atomic E-state index is 11.3. The summed E-state index contributed by atoms with van der Waals surface area (Å²) < 4.78 is 22.6. The first kappa shape index (κ1) is 12.9. The first-order valence-corrected chi connectivity index (χ1v) is 8.60. The Hall–Kier alpha value is -0.520. The maximum Gasteiger partial charge on any atom is 0.175 e. The van der Waals surface area contributed by atoms with Gasteiger partial charge in [0.2, 0.25) is 0 Å². The molecule has 1 aromatic carbocycles. The predicted molar refractivity (Wildman–Crippen MR) is 71.3 cm³/mol. The second-order valence-electron chi connectivity index (χ2n) is 4.35. The second-order valence-corrected chi connectivity index (χ2v) is 7.46. The number of rotatable bonds is 4. The van der Waals surface area contributed by atoms with Crippen LogP contribution in [-0.4, -0.2) is 33.0 Å². The number of hydrogen-bond acceptors (Lipinski definition) is 4. The molecule has 17 heavy (non-hydrogen) atoms. The quantitative estimate of drug-likeness (QED) is 0.850. The third-order valence-corrected chi connectivity index (χ3v) is 5.17. The van der Waals surface area contributed by atoms with Crippen LogP contribution in [0.25, 0.3) is 0 Å². The van der Waals surface area contributed by atoms with Gasteiger partial charge in [-0.25, -0.2) is 8.42 Å². The monoisotopic (exact) mass is 271 g/mol. The van der Waals surface area contributed by atoms with Crippen molar-refractivity contribution in [1.29, 1.82) is 0 Å². The lowest BCUT2D eigenvalue weighted by atomic mass is 10.3. The molecule has 1 atom stereocenters. The Kier molecular flexibility index (Phi) is 4.12. The molecule has 94 valence electrons. The summed E-state index contributed by atoms with van der Waals surface area (Å²) in [5.41, 5.74) is 0. The average molecular weight is 271 g/mol. The molecule has 0 amide bonds. The Labute approximate surface area is 107 Å². The van der Waals surface area contributed by atoms with E-state index in [2.05, 4.69) is 5.32 Å². The summed E-state index contributed by atoms with van der Waals surface area (Å²) in [6.45, 7) is 1.12. The van der Waals surface area contributed by atoms with Crippen molar-refractivity contribution in [3.63, 3.8) is 0 Å². The standard InChI is InChI=1S/C12H17NO2S2/c1-17(14,15)12-6-4-11(5-7-12)16-9-10-3-2-8-13-10/h4-7,10,13H,2-3,8-9H2,1H3. The van der Waals surface area contributed by atoms with Crippen LogP contribution in [-0.2, 0) is 9.84 Å². The molecule has 0 saturated carbocycles. The van der Waals surface area contributed by atoms with E-state index in [-0.39, 0.29) is 0 Å². The number of thioether (sulfide) groups is 1. The summed E-state index contributed by atoms with van der Waals surface area (Å²) in [7, 11) is -3.07. The molecule has 1 fully saturated rings. The van der Waals surface area contributed by atoms with Crippen LogP contribution in [0.4, 0.5) is 0 Å². The van der Waals surface area contributed by atoms with Crippen LogP contribution < -0.4 is 5.32 Å². The Morgan fingerprint density at radius 1 is 1.35 bits per heavy atom. The smallest absolute Gasteiger partial charge is 0.175 e. The van der Waals surface area contributed by atoms with E-state index < -0.39 is 9.84 Å². The fraction of sp³-hybridized carbons (Fsp3) is 0.500. The number of sulfone groups is 1. The first-order valence-electron chi connectivity index (χ1n) is 5.72. The fourth-order valence-electron chi connectivity index (χ4n) is 1.88. The van der Waals surface area contributed by atoms with Crippen molar-refractivity contribution in [3.05, 3.63) is 24.3 Å². The summed E-state index contributed by atoms with van der Waals surface area (Å²) in [5.74, 6) is 1.05. The van der Waals surface area contributed by atoms with Gasteiger partial charge in [-0.1, -0.05) is 0 Å². The molecule has 5 heteroatoms. The van der Waals surface area contributed by atoms with Gasteiger partial charge in [0.25, 0.3) is 0 Å². The lowest BCUT2D eigenvalue weighted by Gasteiger charge is -2.09. The maximum absolute atomic E-state index is 11.3. The molecule has 1 aromatic rings. The largest absolute Gasteiger partial charge is 0.313 e. The molecule has 2 rings (SSSR count). The normalized spacial score (nSPS) is 20.6. The van der Waals surface area contributed by atoms with E-state index in [1.165, 1.54) is 19.1 Å². The predicted octanol–water partition coefficient (Wildman–Crippen LogP) is 1.93. The Morgan fingerprint density at radius 2 is 2.06 bits per heavy atom. The van der Waals surface area contributed by atoms with Crippen molar-refractivity contribution in [3.8, 4) is 0 Å². The van der Waals surface area contributed by atoms with E-state index >= 15 is 0 Å². The van der Waals surface area contributed by atoms with Gasteiger partial charge in [0.05, 0.1) is 4.90 Å². The average Bonchev–Trinajstić information content (AvgIpc) is 2.78. The molecule has 0 radical (unpaired) electrons.